The standard InChI is InChI=1S/C14H9Br2NO/c15-12-6-5-10(8-17)14(7-12)18-9-11-3-1-2-4-13(11)16/h1-7H,9H2. The molecule has 18 heavy (non-hydrogen) atoms. The lowest BCUT2D eigenvalue weighted by Gasteiger charge is -2.09. The predicted molar refractivity (Wildman–Crippen MR) is 77.3 cm³/mol. The van der Waals surface area contributed by atoms with Crippen molar-refractivity contribution in [1.29, 1.82) is 5.26 Å². The maximum absolute atomic E-state index is 9.01. The first kappa shape index (κ1) is 13.1. The lowest BCUT2D eigenvalue weighted by molar-refractivity contribution is 0.304. The minimum absolute atomic E-state index is 0.423. The highest BCUT2D eigenvalue weighted by Gasteiger charge is 2.05. The number of halogens is 2. The van der Waals surface area contributed by atoms with Crippen LogP contribution in [0, 0.1) is 11.3 Å². The molecule has 0 saturated heterocycles. The van der Waals surface area contributed by atoms with Crippen LogP contribution in [0.1, 0.15) is 11.1 Å². The van der Waals surface area contributed by atoms with E-state index in [1.165, 1.54) is 0 Å². The number of nitrogens with zero attached hydrogens (tertiary/aromatic N) is 1. The minimum Gasteiger partial charge on any atom is -0.487 e. The number of hydrogen-bond acceptors (Lipinski definition) is 2. The van der Waals surface area contributed by atoms with E-state index in [0.29, 0.717) is 17.9 Å². The number of rotatable bonds is 3. The van der Waals surface area contributed by atoms with E-state index < -0.39 is 0 Å². The highest BCUT2D eigenvalue weighted by molar-refractivity contribution is 9.10. The Morgan fingerprint density at radius 1 is 1.11 bits per heavy atom. The molecule has 2 nitrogen and oxygen atoms in total. The van der Waals surface area contributed by atoms with Crippen LogP contribution in [0.25, 0.3) is 0 Å². The molecule has 0 fully saturated rings. The Morgan fingerprint density at radius 2 is 1.89 bits per heavy atom. The van der Waals surface area contributed by atoms with E-state index >= 15 is 0 Å². The topological polar surface area (TPSA) is 33.0 Å². The van der Waals surface area contributed by atoms with Crippen molar-refractivity contribution in [2.24, 2.45) is 0 Å². The summed E-state index contributed by atoms with van der Waals surface area (Å²) in [6.45, 7) is 0.423. The van der Waals surface area contributed by atoms with Crippen molar-refractivity contribution in [3.05, 3.63) is 62.5 Å². The Bertz CT molecular complexity index is 605. The van der Waals surface area contributed by atoms with Gasteiger partial charge < -0.3 is 4.74 Å². The smallest absolute Gasteiger partial charge is 0.138 e. The SMILES string of the molecule is N#Cc1ccc(Br)cc1OCc1ccccc1Br. The Kier molecular flexibility index (Phi) is 4.40. The van der Waals surface area contributed by atoms with E-state index in [9.17, 15) is 0 Å². The first-order valence-electron chi connectivity index (χ1n) is 5.26. The summed E-state index contributed by atoms with van der Waals surface area (Å²) in [7, 11) is 0. The molecule has 2 aromatic rings. The van der Waals surface area contributed by atoms with Crippen LogP contribution < -0.4 is 4.74 Å². The molecule has 0 spiro atoms. The fraction of sp³-hybridized carbons (Fsp3) is 0.0714. The molecular weight excluding hydrogens is 358 g/mol. The maximum Gasteiger partial charge on any atom is 0.138 e. The van der Waals surface area contributed by atoms with Gasteiger partial charge in [0, 0.05) is 14.5 Å². The zero-order valence-electron chi connectivity index (χ0n) is 9.36. The van der Waals surface area contributed by atoms with E-state index in [1.807, 2.05) is 30.3 Å². The van der Waals surface area contributed by atoms with Crippen LogP contribution in [-0.4, -0.2) is 0 Å². The highest BCUT2D eigenvalue weighted by Crippen LogP contribution is 2.25. The van der Waals surface area contributed by atoms with Crippen molar-refractivity contribution < 1.29 is 4.74 Å². The van der Waals surface area contributed by atoms with Crippen LogP contribution in [0.5, 0.6) is 5.75 Å². The average Bonchev–Trinajstić information content (AvgIpc) is 2.38. The lowest BCUT2D eigenvalue weighted by Crippen LogP contribution is -1.98. The van der Waals surface area contributed by atoms with Gasteiger partial charge in [0.25, 0.3) is 0 Å². The lowest BCUT2D eigenvalue weighted by atomic mass is 10.2. The van der Waals surface area contributed by atoms with Gasteiger partial charge in [-0.05, 0) is 24.3 Å². The molecule has 0 saturated carbocycles. The van der Waals surface area contributed by atoms with E-state index in [0.717, 1.165) is 14.5 Å². The van der Waals surface area contributed by atoms with Gasteiger partial charge in [0.15, 0.2) is 0 Å². The molecule has 0 amide bonds. The van der Waals surface area contributed by atoms with Crippen molar-refractivity contribution in [3.8, 4) is 11.8 Å². The number of benzene rings is 2. The first-order chi connectivity index (χ1) is 8.70. The first-order valence-corrected chi connectivity index (χ1v) is 6.85. The Hall–Kier alpha value is -1.31. The van der Waals surface area contributed by atoms with Gasteiger partial charge in [-0.2, -0.15) is 5.26 Å². The Labute approximate surface area is 122 Å². The van der Waals surface area contributed by atoms with Gasteiger partial charge in [-0.15, -0.1) is 0 Å². The van der Waals surface area contributed by atoms with Crippen LogP contribution in [-0.2, 0) is 6.61 Å². The second kappa shape index (κ2) is 6.03. The molecule has 0 aliphatic rings. The van der Waals surface area contributed by atoms with Crippen LogP contribution in [0.3, 0.4) is 0 Å². The molecule has 0 radical (unpaired) electrons. The maximum atomic E-state index is 9.01. The number of hydrogen-bond donors (Lipinski definition) is 0. The van der Waals surface area contributed by atoms with Gasteiger partial charge in [0.1, 0.15) is 18.4 Å². The Morgan fingerprint density at radius 3 is 2.61 bits per heavy atom. The fourth-order valence-electron chi connectivity index (χ4n) is 1.48. The van der Waals surface area contributed by atoms with Gasteiger partial charge in [-0.3, -0.25) is 0 Å². The third-order valence-corrected chi connectivity index (χ3v) is 3.67. The molecule has 2 aromatic carbocycles. The van der Waals surface area contributed by atoms with Crippen molar-refractivity contribution in [1.82, 2.24) is 0 Å². The van der Waals surface area contributed by atoms with Crippen molar-refractivity contribution in [2.75, 3.05) is 0 Å². The zero-order valence-corrected chi connectivity index (χ0v) is 12.5. The molecule has 0 unspecified atom stereocenters. The summed E-state index contributed by atoms with van der Waals surface area (Å²) in [5, 5.41) is 9.01. The number of nitriles is 1. The molecule has 0 N–H and O–H groups in total. The van der Waals surface area contributed by atoms with Crippen molar-refractivity contribution in [2.45, 2.75) is 6.61 Å². The van der Waals surface area contributed by atoms with Crippen LogP contribution in [0.4, 0.5) is 0 Å². The van der Waals surface area contributed by atoms with E-state index in [2.05, 4.69) is 37.9 Å². The van der Waals surface area contributed by atoms with E-state index in [1.54, 1.807) is 12.1 Å². The van der Waals surface area contributed by atoms with Gasteiger partial charge >= 0.3 is 0 Å². The molecule has 0 aromatic heterocycles. The summed E-state index contributed by atoms with van der Waals surface area (Å²) in [5.41, 5.74) is 1.58. The second-order valence-electron chi connectivity index (χ2n) is 3.63. The summed E-state index contributed by atoms with van der Waals surface area (Å²) in [6.07, 6.45) is 0. The predicted octanol–water partition coefficient (Wildman–Crippen LogP) is 4.66. The normalized spacial score (nSPS) is 9.83. The molecule has 4 heteroatoms. The second-order valence-corrected chi connectivity index (χ2v) is 5.40. The van der Waals surface area contributed by atoms with Crippen molar-refractivity contribution >= 4 is 31.9 Å². The van der Waals surface area contributed by atoms with Crippen LogP contribution in [0.15, 0.2) is 51.4 Å². The molecule has 0 aliphatic heterocycles. The van der Waals surface area contributed by atoms with Crippen LogP contribution >= 0.6 is 31.9 Å². The van der Waals surface area contributed by atoms with Gasteiger partial charge in [-0.1, -0.05) is 50.1 Å². The highest BCUT2D eigenvalue weighted by atomic mass is 79.9. The fourth-order valence-corrected chi connectivity index (χ4v) is 2.22. The molecule has 0 atom stereocenters. The largest absolute Gasteiger partial charge is 0.487 e. The summed E-state index contributed by atoms with van der Waals surface area (Å²) >= 11 is 6.83. The third kappa shape index (κ3) is 3.12. The Balaban J connectivity index is 2.18. The molecule has 0 heterocycles. The van der Waals surface area contributed by atoms with Gasteiger partial charge in [0.05, 0.1) is 5.56 Å². The quantitative estimate of drug-likeness (QED) is 0.791. The summed E-state index contributed by atoms with van der Waals surface area (Å²) < 4.78 is 7.58. The minimum atomic E-state index is 0.423. The van der Waals surface area contributed by atoms with Crippen molar-refractivity contribution in [3.63, 3.8) is 0 Å². The monoisotopic (exact) mass is 365 g/mol. The average molecular weight is 367 g/mol. The van der Waals surface area contributed by atoms with Gasteiger partial charge in [0.2, 0.25) is 0 Å². The van der Waals surface area contributed by atoms with Gasteiger partial charge in [-0.25, -0.2) is 0 Å². The number of ether oxygens (including phenoxy) is 1. The third-order valence-electron chi connectivity index (χ3n) is 2.41. The summed E-state index contributed by atoms with van der Waals surface area (Å²) in [5.74, 6) is 0.586. The van der Waals surface area contributed by atoms with E-state index in [-0.39, 0.29) is 0 Å². The zero-order chi connectivity index (χ0) is 13.0. The molecule has 2 rings (SSSR count). The van der Waals surface area contributed by atoms with Crippen LogP contribution in [0.2, 0.25) is 0 Å². The summed E-state index contributed by atoms with van der Waals surface area (Å²) in [6, 6.07) is 15.3. The molecule has 0 bridgehead atoms. The van der Waals surface area contributed by atoms with E-state index in [4.69, 9.17) is 10.00 Å². The molecule has 90 valence electrons. The summed E-state index contributed by atoms with van der Waals surface area (Å²) in [4.78, 5) is 0. The molecule has 0 aliphatic carbocycles. The molecular formula is C14H9Br2NO.